The first kappa shape index (κ1) is 10.5. The minimum atomic E-state index is 0.155. The zero-order valence-corrected chi connectivity index (χ0v) is 9.43. The summed E-state index contributed by atoms with van der Waals surface area (Å²) in [6.07, 6.45) is 3.39. The summed E-state index contributed by atoms with van der Waals surface area (Å²) in [5.41, 5.74) is 2.18. The Labute approximate surface area is 99.6 Å². The van der Waals surface area contributed by atoms with E-state index in [0.717, 1.165) is 25.3 Å². The number of benzene rings is 1. The van der Waals surface area contributed by atoms with Crippen molar-refractivity contribution in [2.45, 2.75) is 6.10 Å². The Hall–Kier alpha value is -1.65. The molecule has 1 aromatic heterocycles. The van der Waals surface area contributed by atoms with Gasteiger partial charge in [0, 0.05) is 18.7 Å². The normalized spacial score (nSPS) is 20.4. The van der Waals surface area contributed by atoms with Crippen LogP contribution in [0.3, 0.4) is 0 Å². The van der Waals surface area contributed by atoms with Crippen molar-refractivity contribution in [1.82, 2.24) is 10.3 Å². The van der Waals surface area contributed by atoms with E-state index in [1.165, 1.54) is 5.56 Å². The van der Waals surface area contributed by atoms with Crippen LogP contribution in [0.2, 0.25) is 0 Å². The number of hydrogen-bond donors (Lipinski definition) is 1. The van der Waals surface area contributed by atoms with Gasteiger partial charge in [-0.1, -0.05) is 12.1 Å². The van der Waals surface area contributed by atoms with E-state index < -0.39 is 0 Å². The van der Waals surface area contributed by atoms with Crippen LogP contribution in [0.1, 0.15) is 11.7 Å². The van der Waals surface area contributed by atoms with Crippen LogP contribution >= 0.6 is 0 Å². The summed E-state index contributed by atoms with van der Waals surface area (Å²) in [6.45, 7) is 2.58. The van der Waals surface area contributed by atoms with Crippen LogP contribution in [0.25, 0.3) is 11.5 Å². The number of rotatable bonds is 2. The first-order chi connectivity index (χ1) is 8.43. The SMILES string of the molecule is c1coc(-c2ccc(C3CNCCO3)cc2)n1. The van der Waals surface area contributed by atoms with Crippen LogP contribution in [-0.2, 0) is 4.74 Å². The molecule has 0 bridgehead atoms. The van der Waals surface area contributed by atoms with Gasteiger partial charge in [-0.15, -0.1) is 0 Å². The molecule has 1 aliphatic heterocycles. The Kier molecular flexibility index (Phi) is 2.90. The number of hydrogen-bond acceptors (Lipinski definition) is 4. The maximum atomic E-state index is 5.69. The lowest BCUT2D eigenvalue weighted by molar-refractivity contribution is 0.0277. The summed E-state index contributed by atoms with van der Waals surface area (Å²) < 4.78 is 10.9. The van der Waals surface area contributed by atoms with Crippen molar-refractivity contribution >= 4 is 0 Å². The standard InChI is InChI=1S/C13H14N2O2/c1-3-11(13-15-6-8-17-13)4-2-10(1)12-9-14-5-7-16-12/h1-4,6,8,12,14H,5,7,9H2. The highest BCUT2D eigenvalue weighted by Crippen LogP contribution is 2.23. The van der Waals surface area contributed by atoms with Gasteiger partial charge in [-0.2, -0.15) is 0 Å². The first-order valence-electron chi connectivity index (χ1n) is 5.75. The molecule has 17 heavy (non-hydrogen) atoms. The van der Waals surface area contributed by atoms with Gasteiger partial charge in [0.2, 0.25) is 5.89 Å². The van der Waals surface area contributed by atoms with Crippen molar-refractivity contribution < 1.29 is 9.15 Å². The van der Waals surface area contributed by atoms with Crippen LogP contribution in [0.5, 0.6) is 0 Å². The Bertz CT molecular complexity index is 459. The quantitative estimate of drug-likeness (QED) is 0.857. The molecule has 0 amide bonds. The van der Waals surface area contributed by atoms with Crippen molar-refractivity contribution in [1.29, 1.82) is 0 Å². The van der Waals surface area contributed by atoms with E-state index in [0.29, 0.717) is 5.89 Å². The molecule has 4 heteroatoms. The van der Waals surface area contributed by atoms with Gasteiger partial charge in [-0.25, -0.2) is 4.98 Å². The molecule has 1 fully saturated rings. The highest BCUT2D eigenvalue weighted by molar-refractivity contribution is 5.53. The number of nitrogens with zero attached hydrogens (tertiary/aromatic N) is 1. The van der Waals surface area contributed by atoms with E-state index in [1.54, 1.807) is 12.5 Å². The second-order valence-electron chi connectivity index (χ2n) is 4.02. The predicted molar refractivity (Wildman–Crippen MR) is 63.5 cm³/mol. The van der Waals surface area contributed by atoms with Gasteiger partial charge in [0.1, 0.15) is 6.26 Å². The molecule has 1 N–H and O–H groups in total. The van der Waals surface area contributed by atoms with Gasteiger partial charge in [0.25, 0.3) is 0 Å². The van der Waals surface area contributed by atoms with Crippen molar-refractivity contribution in [3.05, 3.63) is 42.3 Å². The highest BCUT2D eigenvalue weighted by Gasteiger charge is 2.15. The van der Waals surface area contributed by atoms with E-state index in [4.69, 9.17) is 9.15 Å². The number of oxazole rings is 1. The monoisotopic (exact) mass is 230 g/mol. The van der Waals surface area contributed by atoms with Crippen molar-refractivity contribution in [2.24, 2.45) is 0 Å². The summed E-state index contributed by atoms with van der Waals surface area (Å²) in [7, 11) is 0. The Morgan fingerprint density at radius 1 is 1.24 bits per heavy atom. The summed E-state index contributed by atoms with van der Waals surface area (Å²) in [4.78, 5) is 4.12. The Morgan fingerprint density at radius 2 is 2.12 bits per heavy atom. The van der Waals surface area contributed by atoms with E-state index >= 15 is 0 Å². The molecule has 1 atom stereocenters. The van der Waals surface area contributed by atoms with Crippen LogP contribution < -0.4 is 5.32 Å². The van der Waals surface area contributed by atoms with Crippen molar-refractivity contribution in [3.8, 4) is 11.5 Å². The van der Waals surface area contributed by atoms with Gasteiger partial charge in [0.15, 0.2) is 0 Å². The zero-order valence-electron chi connectivity index (χ0n) is 9.43. The fourth-order valence-corrected chi connectivity index (χ4v) is 1.99. The van der Waals surface area contributed by atoms with E-state index in [2.05, 4.69) is 22.4 Å². The highest BCUT2D eigenvalue weighted by atomic mass is 16.5. The summed E-state index contributed by atoms with van der Waals surface area (Å²) in [5, 5.41) is 3.32. The molecule has 0 aliphatic carbocycles. The van der Waals surface area contributed by atoms with E-state index in [1.807, 2.05) is 12.1 Å². The van der Waals surface area contributed by atoms with Crippen LogP contribution in [-0.4, -0.2) is 24.7 Å². The molecular weight excluding hydrogens is 216 g/mol. The molecule has 1 saturated heterocycles. The second-order valence-corrected chi connectivity index (χ2v) is 4.02. The molecule has 2 heterocycles. The van der Waals surface area contributed by atoms with Gasteiger partial charge >= 0.3 is 0 Å². The Balaban J connectivity index is 1.80. The van der Waals surface area contributed by atoms with Gasteiger partial charge in [0.05, 0.1) is 18.9 Å². The molecule has 1 unspecified atom stereocenters. The molecule has 0 radical (unpaired) electrons. The van der Waals surface area contributed by atoms with Gasteiger partial charge in [-0.05, 0) is 17.7 Å². The summed E-state index contributed by atoms with van der Waals surface area (Å²) >= 11 is 0. The number of aromatic nitrogens is 1. The molecule has 88 valence electrons. The zero-order chi connectivity index (χ0) is 11.5. The number of nitrogens with one attached hydrogen (secondary N) is 1. The van der Waals surface area contributed by atoms with Crippen molar-refractivity contribution in [3.63, 3.8) is 0 Å². The summed E-state index contributed by atoms with van der Waals surface area (Å²) in [6, 6.07) is 8.16. The van der Waals surface area contributed by atoms with Crippen LogP contribution in [0, 0.1) is 0 Å². The average Bonchev–Trinajstić information content (AvgIpc) is 2.94. The maximum Gasteiger partial charge on any atom is 0.225 e. The smallest absolute Gasteiger partial charge is 0.225 e. The lowest BCUT2D eigenvalue weighted by atomic mass is 10.1. The van der Waals surface area contributed by atoms with Crippen LogP contribution in [0.4, 0.5) is 0 Å². The fourth-order valence-electron chi connectivity index (χ4n) is 1.99. The molecule has 0 saturated carbocycles. The lowest BCUT2D eigenvalue weighted by Gasteiger charge is -2.23. The van der Waals surface area contributed by atoms with E-state index in [9.17, 15) is 0 Å². The van der Waals surface area contributed by atoms with Crippen molar-refractivity contribution in [2.75, 3.05) is 19.7 Å². The molecule has 3 rings (SSSR count). The average molecular weight is 230 g/mol. The second kappa shape index (κ2) is 4.69. The lowest BCUT2D eigenvalue weighted by Crippen LogP contribution is -2.33. The fraction of sp³-hybridized carbons (Fsp3) is 0.308. The largest absolute Gasteiger partial charge is 0.445 e. The number of morpholine rings is 1. The predicted octanol–water partition coefficient (Wildman–Crippen LogP) is 2.00. The van der Waals surface area contributed by atoms with Crippen LogP contribution in [0.15, 0.2) is 41.1 Å². The third-order valence-electron chi connectivity index (χ3n) is 2.89. The minimum Gasteiger partial charge on any atom is -0.445 e. The third-order valence-corrected chi connectivity index (χ3v) is 2.89. The number of ether oxygens (including phenoxy) is 1. The van der Waals surface area contributed by atoms with Gasteiger partial charge < -0.3 is 14.5 Å². The topological polar surface area (TPSA) is 47.3 Å². The molecule has 2 aromatic rings. The molecular formula is C13H14N2O2. The third kappa shape index (κ3) is 2.23. The molecule has 0 spiro atoms. The Morgan fingerprint density at radius 3 is 2.76 bits per heavy atom. The minimum absolute atomic E-state index is 0.155. The molecule has 1 aromatic carbocycles. The maximum absolute atomic E-state index is 5.69. The molecule has 1 aliphatic rings. The van der Waals surface area contributed by atoms with Gasteiger partial charge in [-0.3, -0.25) is 0 Å². The summed E-state index contributed by atoms with van der Waals surface area (Å²) in [5.74, 6) is 0.652. The molecule has 4 nitrogen and oxygen atoms in total. The van der Waals surface area contributed by atoms with E-state index in [-0.39, 0.29) is 6.10 Å². The first-order valence-corrected chi connectivity index (χ1v) is 5.75.